The Balaban J connectivity index is 3.03. The molecule has 0 fully saturated rings. The van der Waals surface area contributed by atoms with Crippen LogP contribution in [0, 0.1) is 0 Å². The Labute approximate surface area is 128 Å². The predicted molar refractivity (Wildman–Crippen MR) is 85.5 cm³/mol. The minimum absolute atomic E-state index is 0.0986. The summed E-state index contributed by atoms with van der Waals surface area (Å²) < 4.78 is 28.7. The number of nitrogens with two attached hydrogens (primary N) is 1. The van der Waals surface area contributed by atoms with Crippen molar-refractivity contribution in [1.82, 2.24) is 14.1 Å². The molecule has 0 aliphatic carbocycles. The summed E-state index contributed by atoms with van der Waals surface area (Å²) >= 11 is 0. The Kier molecular flexibility index (Phi) is 7.17. The minimum atomic E-state index is -3.55. The summed E-state index contributed by atoms with van der Waals surface area (Å²) in [5.74, 6) is 0.0986. The van der Waals surface area contributed by atoms with Crippen LogP contribution in [0.1, 0.15) is 52.9 Å². The van der Waals surface area contributed by atoms with Gasteiger partial charge in [0.15, 0.2) is 5.82 Å². The van der Waals surface area contributed by atoms with Crippen LogP contribution in [0.4, 0.5) is 5.82 Å². The number of anilines is 1. The van der Waals surface area contributed by atoms with Crippen LogP contribution in [0.5, 0.6) is 0 Å². The van der Waals surface area contributed by atoms with Crippen molar-refractivity contribution in [2.45, 2.75) is 64.3 Å². The maximum Gasteiger partial charge on any atom is 0.248 e. The van der Waals surface area contributed by atoms with Gasteiger partial charge in [0.05, 0.1) is 0 Å². The summed E-state index contributed by atoms with van der Waals surface area (Å²) in [6.45, 7) is 7.87. The molecule has 0 saturated heterocycles. The molecule has 0 aliphatic heterocycles. The van der Waals surface area contributed by atoms with Gasteiger partial charge in [0, 0.05) is 25.8 Å². The molecule has 0 radical (unpaired) electrons. The highest BCUT2D eigenvalue weighted by Gasteiger charge is 2.28. The van der Waals surface area contributed by atoms with Crippen molar-refractivity contribution in [2.24, 2.45) is 0 Å². The normalized spacial score (nSPS) is 12.2. The molecule has 21 heavy (non-hydrogen) atoms. The van der Waals surface area contributed by atoms with E-state index in [1.807, 2.05) is 6.92 Å². The molecule has 0 amide bonds. The van der Waals surface area contributed by atoms with E-state index in [2.05, 4.69) is 18.9 Å². The number of hydrogen-bond acceptors (Lipinski definition) is 4. The van der Waals surface area contributed by atoms with Gasteiger partial charge in [-0.15, -0.1) is 0 Å². The molecule has 0 bridgehead atoms. The summed E-state index contributed by atoms with van der Waals surface area (Å²) in [5, 5.41) is 4.10. The van der Waals surface area contributed by atoms with Crippen LogP contribution in [0.2, 0.25) is 0 Å². The lowest BCUT2D eigenvalue weighted by molar-refractivity contribution is 0.395. The third-order valence-corrected chi connectivity index (χ3v) is 5.26. The molecule has 0 aromatic carbocycles. The van der Waals surface area contributed by atoms with Gasteiger partial charge in [-0.1, -0.05) is 33.6 Å². The third-order valence-electron chi connectivity index (χ3n) is 3.35. The summed E-state index contributed by atoms with van der Waals surface area (Å²) in [4.78, 5) is 0.142. The third kappa shape index (κ3) is 4.71. The number of rotatable bonds is 10. The molecule has 0 spiro atoms. The summed E-state index contributed by atoms with van der Waals surface area (Å²) in [6, 6.07) is 0. The Hall–Kier alpha value is -1.08. The Morgan fingerprint density at radius 1 is 1.14 bits per heavy atom. The van der Waals surface area contributed by atoms with Crippen molar-refractivity contribution >= 4 is 15.8 Å². The van der Waals surface area contributed by atoms with Gasteiger partial charge in [-0.2, -0.15) is 9.40 Å². The Morgan fingerprint density at radius 2 is 1.71 bits per heavy atom. The summed E-state index contributed by atoms with van der Waals surface area (Å²) in [5.41, 5.74) is 5.82. The molecule has 0 atom stereocenters. The van der Waals surface area contributed by atoms with Crippen LogP contribution >= 0.6 is 0 Å². The van der Waals surface area contributed by atoms with Crippen LogP contribution in [0.3, 0.4) is 0 Å². The zero-order chi connectivity index (χ0) is 15.9. The Morgan fingerprint density at radius 3 is 2.19 bits per heavy atom. The zero-order valence-corrected chi connectivity index (χ0v) is 14.2. The quantitative estimate of drug-likeness (QED) is 0.719. The van der Waals surface area contributed by atoms with Gasteiger partial charge in [-0.05, 0) is 19.3 Å². The molecule has 7 heteroatoms. The van der Waals surface area contributed by atoms with Crippen molar-refractivity contribution < 1.29 is 8.42 Å². The Bertz CT molecular complexity index is 517. The van der Waals surface area contributed by atoms with Crippen molar-refractivity contribution in [3.63, 3.8) is 0 Å². The molecule has 1 heterocycles. The largest absolute Gasteiger partial charge is 0.381 e. The fraction of sp³-hybridized carbons (Fsp3) is 0.786. The van der Waals surface area contributed by atoms with Crippen LogP contribution in [0.15, 0.2) is 11.1 Å². The van der Waals surface area contributed by atoms with E-state index in [1.165, 1.54) is 0 Å². The molecule has 0 unspecified atom stereocenters. The molecular weight excluding hydrogens is 288 g/mol. The first-order valence-corrected chi connectivity index (χ1v) is 9.24. The lowest BCUT2D eigenvalue weighted by Gasteiger charge is -2.21. The van der Waals surface area contributed by atoms with E-state index in [9.17, 15) is 8.42 Å². The van der Waals surface area contributed by atoms with E-state index < -0.39 is 10.0 Å². The molecule has 1 rings (SSSR count). The average Bonchev–Trinajstić information content (AvgIpc) is 2.80. The predicted octanol–water partition coefficient (Wildman–Crippen LogP) is 2.47. The molecule has 2 N–H and O–H groups in total. The number of aromatic nitrogens is 2. The lowest BCUT2D eigenvalue weighted by atomic mass is 10.3. The smallest absolute Gasteiger partial charge is 0.248 e. The first-order valence-electron chi connectivity index (χ1n) is 7.80. The molecule has 122 valence electrons. The number of nitrogen functional groups attached to an aromatic ring is 1. The number of aryl methyl sites for hydroxylation is 1. The van der Waals surface area contributed by atoms with Crippen LogP contribution in [0.25, 0.3) is 0 Å². The number of unbranched alkanes of at least 4 members (excludes halogenated alkanes) is 2. The molecule has 1 aromatic rings. The second-order valence-electron chi connectivity index (χ2n) is 5.25. The lowest BCUT2D eigenvalue weighted by Crippen LogP contribution is -2.33. The van der Waals surface area contributed by atoms with Crippen LogP contribution < -0.4 is 5.73 Å². The summed E-state index contributed by atoms with van der Waals surface area (Å²) in [7, 11) is -3.55. The van der Waals surface area contributed by atoms with Gasteiger partial charge in [0.1, 0.15) is 4.90 Å². The van der Waals surface area contributed by atoms with Crippen molar-refractivity contribution in [2.75, 3.05) is 18.8 Å². The van der Waals surface area contributed by atoms with E-state index in [-0.39, 0.29) is 10.7 Å². The van der Waals surface area contributed by atoms with Crippen LogP contribution in [-0.2, 0) is 16.6 Å². The SMILES string of the molecule is CCCCN(CCCC)S(=O)(=O)c1cn(CCC)nc1N. The van der Waals surface area contributed by atoms with Crippen molar-refractivity contribution in [1.29, 1.82) is 0 Å². The monoisotopic (exact) mass is 316 g/mol. The van der Waals surface area contributed by atoms with E-state index >= 15 is 0 Å². The number of hydrogen-bond donors (Lipinski definition) is 1. The maximum absolute atomic E-state index is 12.8. The topological polar surface area (TPSA) is 81.2 Å². The van der Waals surface area contributed by atoms with Crippen molar-refractivity contribution in [3.05, 3.63) is 6.20 Å². The highest BCUT2D eigenvalue weighted by molar-refractivity contribution is 7.89. The average molecular weight is 316 g/mol. The summed E-state index contributed by atoms with van der Waals surface area (Å²) in [6.07, 6.45) is 6.07. The fourth-order valence-corrected chi connectivity index (χ4v) is 3.70. The zero-order valence-electron chi connectivity index (χ0n) is 13.4. The van der Waals surface area contributed by atoms with Gasteiger partial charge in [0.25, 0.3) is 0 Å². The first kappa shape index (κ1) is 18.0. The van der Waals surface area contributed by atoms with Gasteiger partial charge in [-0.25, -0.2) is 8.42 Å². The van der Waals surface area contributed by atoms with Gasteiger partial charge in [-0.3, -0.25) is 4.68 Å². The molecule has 0 saturated carbocycles. The highest BCUT2D eigenvalue weighted by atomic mass is 32.2. The maximum atomic E-state index is 12.8. The van der Waals surface area contributed by atoms with E-state index in [1.54, 1.807) is 15.2 Å². The molecular formula is C14H28N4O2S. The number of sulfonamides is 1. The van der Waals surface area contributed by atoms with Gasteiger partial charge in [0.2, 0.25) is 10.0 Å². The standard InChI is InChI=1S/C14H28N4O2S/c1-4-7-10-18(11-8-5-2)21(19,20)13-12-17(9-6-3)16-14(13)15/h12H,4-11H2,1-3H3,(H2,15,16). The number of nitrogens with zero attached hydrogens (tertiary/aromatic N) is 3. The van der Waals surface area contributed by atoms with E-state index in [0.29, 0.717) is 19.6 Å². The molecule has 1 aromatic heterocycles. The molecule has 0 aliphatic rings. The second-order valence-corrected chi connectivity index (χ2v) is 7.16. The van der Waals surface area contributed by atoms with E-state index in [4.69, 9.17) is 5.73 Å². The second kappa shape index (κ2) is 8.38. The first-order chi connectivity index (χ1) is 9.97. The fourth-order valence-electron chi connectivity index (χ4n) is 2.12. The van der Waals surface area contributed by atoms with Gasteiger partial charge >= 0.3 is 0 Å². The van der Waals surface area contributed by atoms with Gasteiger partial charge < -0.3 is 5.73 Å². The minimum Gasteiger partial charge on any atom is -0.381 e. The molecule has 6 nitrogen and oxygen atoms in total. The van der Waals surface area contributed by atoms with Crippen molar-refractivity contribution in [3.8, 4) is 0 Å². The highest BCUT2D eigenvalue weighted by Crippen LogP contribution is 2.22. The van der Waals surface area contributed by atoms with Crippen LogP contribution in [-0.4, -0.2) is 35.6 Å². The van der Waals surface area contributed by atoms with E-state index in [0.717, 1.165) is 32.1 Å².